The molecule has 0 spiro atoms. The third-order valence-corrected chi connectivity index (χ3v) is 6.32. The summed E-state index contributed by atoms with van der Waals surface area (Å²) in [5.74, 6) is 0.779. The minimum Gasteiger partial charge on any atom is -0.304 e. The molecule has 7 heteroatoms. The van der Waals surface area contributed by atoms with Gasteiger partial charge in [-0.15, -0.1) is 0 Å². The minimum absolute atomic E-state index is 0.0503. The second-order valence-corrected chi connectivity index (χ2v) is 8.55. The maximum atomic E-state index is 13.8. The summed E-state index contributed by atoms with van der Waals surface area (Å²) in [7, 11) is 0. The van der Waals surface area contributed by atoms with Crippen molar-refractivity contribution in [2.75, 3.05) is 0 Å². The Morgan fingerprint density at radius 2 is 1.62 bits per heavy atom. The first kappa shape index (κ1) is 20.6. The average molecular weight is 446 g/mol. The molecule has 0 amide bonds. The van der Waals surface area contributed by atoms with E-state index in [0.29, 0.717) is 40.2 Å². The highest BCUT2D eigenvalue weighted by atomic mass is 35.5. The van der Waals surface area contributed by atoms with E-state index in [9.17, 15) is 4.79 Å². The van der Waals surface area contributed by atoms with E-state index in [0.717, 1.165) is 28.8 Å². The molecule has 162 valence electrons. The number of fused-ring (bicyclic) bond motifs is 4. The SMILES string of the molecule is CCc1nc2c(c(=O)n1[C@@H](C)CC)c1nc3ccccc3nc1n2Cc1ccc(Cl)cc1. The molecule has 0 N–H and O–H groups in total. The van der Waals surface area contributed by atoms with E-state index in [2.05, 4.69) is 13.8 Å². The highest BCUT2D eigenvalue weighted by Gasteiger charge is 2.23. The van der Waals surface area contributed by atoms with Gasteiger partial charge in [0.05, 0.1) is 17.6 Å². The topological polar surface area (TPSA) is 65.6 Å². The number of rotatable bonds is 5. The molecular formula is C25H24ClN5O. The monoisotopic (exact) mass is 445 g/mol. The number of benzene rings is 2. The van der Waals surface area contributed by atoms with Crippen molar-refractivity contribution in [1.82, 2.24) is 24.1 Å². The van der Waals surface area contributed by atoms with E-state index in [1.807, 2.05) is 64.6 Å². The zero-order valence-corrected chi connectivity index (χ0v) is 19.1. The van der Waals surface area contributed by atoms with Crippen LogP contribution < -0.4 is 5.56 Å². The van der Waals surface area contributed by atoms with Crippen molar-refractivity contribution < 1.29 is 0 Å². The number of hydrogen-bond acceptors (Lipinski definition) is 4. The number of aromatic nitrogens is 5. The lowest BCUT2D eigenvalue weighted by molar-refractivity contribution is 0.488. The fraction of sp³-hybridized carbons (Fsp3) is 0.280. The molecule has 1 atom stereocenters. The van der Waals surface area contributed by atoms with Gasteiger partial charge in [0.2, 0.25) is 0 Å². The third kappa shape index (κ3) is 3.26. The zero-order chi connectivity index (χ0) is 22.4. The second-order valence-electron chi connectivity index (χ2n) is 8.11. The quantitative estimate of drug-likeness (QED) is 0.356. The standard InChI is InChI=1S/C25H24ClN5O/c1-4-15(3)31-20(5-2)29-23-21(25(31)32)22-24(28-19-9-7-6-8-18(19)27-22)30(23)14-16-10-12-17(26)13-11-16/h6-13,15H,4-5,14H2,1-3H3/t15-/m0/s1. The van der Waals surface area contributed by atoms with Crippen molar-refractivity contribution in [1.29, 1.82) is 0 Å². The number of aryl methyl sites for hydroxylation is 1. The van der Waals surface area contributed by atoms with Gasteiger partial charge in [0.15, 0.2) is 11.3 Å². The Bertz CT molecular complexity index is 1520. The van der Waals surface area contributed by atoms with Crippen LogP contribution in [0.2, 0.25) is 5.02 Å². The van der Waals surface area contributed by atoms with Gasteiger partial charge in [0, 0.05) is 17.5 Å². The molecule has 5 rings (SSSR count). The van der Waals surface area contributed by atoms with Crippen molar-refractivity contribution in [3.8, 4) is 0 Å². The number of hydrogen-bond donors (Lipinski definition) is 0. The van der Waals surface area contributed by atoms with Gasteiger partial charge >= 0.3 is 0 Å². The Morgan fingerprint density at radius 1 is 0.938 bits per heavy atom. The lowest BCUT2D eigenvalue weighted by Gasteiger charge is -2.17. The molecule has 0 fully saturated rings. The number of para-hydroxylation sites is 2. The molecule has 3 heterocycles. The smallest absolute Gasteiger partial charge is 0.265 e. The van der Waals surface area contributed by atoms with Crippen LogP contribution in [0.4, 0.5) is 0 Å². The molecule has 2 aromatic carbocycles. The first-order valence-corrected chi connectivity index (χ1v) is 11.3. The Kier molecular flexibility index (Phi) is 5.18. The van der Waals surface area contributed by atoms with Gasteiger partial charge in [0.25, 0.3) is 5.56 Å². The van der Waals surface area contributed by atoms with Crippen molar-refractivity contribution in [3.63, 3.8) is 0 Å². The molecule has 5 aromatic rings. The maximum absolute atomic E-state index is 13.8. The highest BCUT2D eigenvalue weighted by Crippen LogP contribution is 2.27. The summed E-state index contributed by atoms with van der Waals surface area (Å²) in [5, 5.41) is 1.22. The first-order valence-electron chi connectivity index (χ1n) is 11.0. The molecule has 3 aromatic heterocycles. The number of nitrogens with zero attached hydrogens (tertiary/aromatic N) is 5. The van der Waals surface area contributed by atoms with Gasteiger partial charge < -0.3 is 4.57 Å². The van der Waals surface area contributed by atoms with E-state index in [1.54, 1.807) is 0 Å². The van der Waals surface area contributed by atoms with Crippen LogP contribution in [0.25, 0.3) is 33.2 Å². The molecule has 0 saturated heterocycles. The van der Waals surface area contributed by atoms with Crippen molar-refractivity contribution >= 4 is 44.8 Å². The first-order chi connectivity index (χ1) is 15.5. The van der Waals surface area contributed by atoms with Crippen molar-refractivity contribution in [2.24, 2.45) is 0 Å². The Balaban J connectivity index is 1.90. The van der Waals surface area contributed by atoms with Crippen LogP contribution in [-0.4, -0.2) is 24.1 Å². The van der Waals surface area contributed by atoms with Crippen LogP contribution in [-0.2, 0) is 13.0 Å². The third-order valence-electron chi connectivity index (χ3n) is 6.07. The van der Waals surface area contributed by atoms with E-state index in [4.69, 9.17) is 26.6 Å². The van der Waals surface area contributed by atoms with Crippen LogP contribution in [0.15, 0.2) is 53.3 Å². The van der Waals surface area contributed by atoms with Crippen molar-refractivity contribution in [3.05, 3.63) is 75.3 Å². The second kappa shape index (κ2) is 8.02. The molecule has 0 aliphatic carbocycles. The Labute approximate surface area is 190 Å². The Morgan fingerprint density at radius 3 is 2.28 bits per heavy atom. The minimum atomic E-state index is -0.0503. The fourth-order valence-electron chi connectivity index (χ4n) is 4.22. The summed E-state index contributed by atoms with van der Waals surface area (Å²) in [5.41, 5.74) is 4.45. The lowest BCUT2D eigenvalue weighted by atomic mass is 10.2. The highest BCUT2D eigenvalue weighted by molar-refractivity contribution is 6.30. The van der Waals surface area contributed by atoms with Gasteiger partial charge in [-0.1, -0.05) is 49.7 Å². The van der Waals surface area contributed by atoms with Gasteiger partial charge in [-0.05, 0) is 43.2 Å². The van der Waals surface area contributed by atoms with Crippen LogP contribution in [0.1, 0.15) is 44.6 Å². The Hall–Kier alpha value is -3.25. The van der Waals surface area contributed by atoms with E-state index < -0.39 is 0 Å². The van der Waals surface area contributed by atoms with Crippen molar-refractivity contribution in [2.45, 2.75) is 46.2 Å². The summed E-state index contributed by atoms with van der Waals surface area (Å²) in [6.07, 6.45) is 1.51. The van der Waals surface area contributed by atoms with Crippen LogP contribution in [0.3, 0.4) is 0 Å². The maximum Gasteiger partial charge on any atom is 0.265 e. The number of halogens is 1. The predicted octanol–water partition coefficient (Wildman–Crippen LogP) is 5.53. The largest absolute Gasteiger partial charge is 0.304 e. The summed E-state index contributed by atoms with van der Waals surface area (Å²) < 4.78 is 3.83. The molecule has 0 bridgehead atoms. The molecule has 0 saturated carbocycles. The lowest BCUT2D eigenvalue weighted by Crippen LogP contribution is -2.28. The summed E-state index contributed by atoms with van der Waals surface area (Å²) in [4.78, 5) is 28.6. The normalized spacial score (nSPS) is 12.8. The molecule has 0 aliphatic rings. The van der Waals surface area contributed by atoms with Gasteiger partial charge in [-0.2, -0.15) is 0 Å². The molecule has 6 nitrogen and oxygen atoms in total. The summed E-state index contributed by atoms with van der Waals surface area (Å²) in [6.45, 7) is 6.69. The van der Waals surface area contributed by atoms with E-state index in [1.165, 1.54) is 0 Å². The van der Waals surface area contributed by atoms with Gasteiger partial charge in [0.1, 0.15) is 16.7 Å². The molecular weight excluding hydrogens is 422 g/mol. The summed E-state index contributed by atoms with van der Waals surface area (Å²) in [6, 6.07) is 15.5. The van der Waals surface area contributed by atoms with E-state index in [-0.39, 0.29) is 11.6 Å². The zero-order valence-electron chi connectivity index (χ0n) is 18.3. The molecule has 0 aliphatic heterocycles. The molecule has 32 heavy (non-hydrogen) atoms. The van der Waals surface area contributed by atoms with Crippen LogP contribution in [0.5, 0.6) is 0 Å². The van der Waals surface area contributed by atoms with Gasteiger partial charge in [-0.25, -0.2) is 15.0 Å². The van der Waals surface area contributed by atoms with Crippen LogP contribution >= 0.6 is 11.6 Å². The predicted molar refractivity (Wildman–Crippen MR) is 130 cm³/mol. The average Bonchev–Trinajstić information content (AvgIpc) is 3.10. The summed E-state index contributed by atoms with van der Waals surface area (Å²) >= 11 is 6.08. The molecule has 0 unspecified atom stereocenters. The van der Waals surface area contributed by atoms with E-state index >= 15 is 0 Å². The van der Waals surface area contributed by atoms with Gasteiger partial charge in [-0.3, -0.25) is 9.36 Å². The fourth-order valence-corrected chi connectivity index (χ4v) is 4.35. The molecule has 0 radical (unpaired) electrons. The van der Waals surface area contributed by atoms with Crippen LogP contribution in [0, 0.1) is 0 Å².